The second-order valence-electron chi connectivity index (χ2n) is 3.26. The second-order valence-corrected chi connectivity index (χ2v) is 4.35. The Morgan fingerprint density at radius 1 is 1.29 bits per heavy atom. The molecule has 2 aromatic rings. The van der Waals surface area contributed by atoms with E-state index in [0.29, 0.717) is 10.7 Å². The van der Waals surface area contributed by atoms with Crippen molar-refractivity contribution in [1.82, 2.24) is 4.98 Å². The van der Waals surface area contributed by atoms with Gasteiger partial charge in [0.1, 0.15) is 16.9 Å². The van der Waals surface area contributed by atoms with Gasteiger partial charge in [0, 0.05) is 4.90 Å². The number of benzene rings is 1. The number of hydrogen-bond donors (Lipinski definition) is 1. The Morgan fingerprint density at radius 3 is 2.82 bits per heavy atom. The van der Waals surface area contributed by atoms with E-state index in [1.54, 1.807) is 24.3 Å². The summed E-state index contributed by atoms with van der Waals surface area (Å²) in [5.41, 5.74) is 6.09. The van der Waals surface area contributed by atoms with Gasteiger partial charge in [-0.1, -0.05) is 17.8 Å². The molecular weight excluding hydrogens is 237 g/mol. The Labute approximate surface area is 102 Å². The maximum absolute atomic E-state index is 13.0. The fraction of sp³-hybridized carbons (Fsp3) is 0. The molecule has 2 N–H and O–H groups in total. The second kappa shape index (κ2) is 4.85. The Hall–Kier alpha value is -2.06. The molecule has 0 spiro atoms. The van der Waals surface area contributed by atoms with Gasteiger partial charge < -0.3 is 5.73 Å². The van der Waals surface area contributed by atoms with Gasteiger partial charge in [0.25, 0.3) is 0 Å². The predicted molar refractivity (Wildman–Crippen MR) is 63.9 cm³/mol. The molecule has 0 saturated carbocycles. The molecule has 0 amide bonds. The molecule has 5 heteroatoms. The third-order valence-corrected chi connectivity index (χ3v) is 2.95. The van der Waals surface area contributed by atoms with Gasteiger partial charge in [0.05, 0.1) is 5.69 Å². The first-order chi connectivity index (χ1) is 8.19. The highest BCUT2D eigenvalue weighted by molar-refractivity contribution is 7.99. The van der Waals surface area contributed by atoms with Crippen molar-refractivity contribution in [3.63, 3.8) is 0 Å². The van der Waals surface area contributed by atoms with Crippen molar-refractivity contribution in [2.45, 2.75) is 9.92 Å². The summed E-state index contributed by atoms with van der Waals surface area (Å²) in [5.74, 6) is -0.300. The molecule has 1 aromatic heterocycles. The van der Waals surface area contributed by atoms with Crippen LogP contribution in [0, 0.1) is 17.1 Å². The lowest BCUT2D eigenvalue weighted by atomic mass is 10.3. The lowest BCUT2D eigenvalue weighted by Crippen LogP contribution is -1.94. The van der Waals surface area contributed by atoms with Gasteiger partial charge in [0.2, 0.25) is 0 Å². The topological polar surface area (TPSA) is 62.7 Å². The minimum Gasteiger partial charge on any atom is -0.396 e. The number of pyridine rings is 1. The predicted octanol–water partition coefficient (Wildman–Crippen LogP) is 2.83. The summed E-state index contributed by atoms with van der Waals surface area (Å²) in [6, 6.07) is 11.4. The number of hydrogen-bond acceptors (Lipinski definition) is 4. The molecule has 1 heterocycles. The zero-order valence-electron chi connectivity index (χ0n) is 8.72. The van der Waals surface area contributed by atoms with Crippen LogP contribution in [-0.4, -0.2) is 4.98 Å². The Morgan fingerprint density at radius 2 is 2.12 bits per heavy atom. The van der Waals surface area contributed by atoms with Crippen molar-refractivity contribution in [2.75, 3.05) is 5.73 Å². The zero-order chi connectivity index (χ0) is 12.3. The van der Waals surface area contributed by atoms with Crippen LogP contribution in [0.25, 0.3) is 0 Å². The number of halogens is 1. The summed E-state index contributed by atoms with van der Waals surface area (Å²) in [5, 5.41) is 9.40. The van der Waals surface area contributed by atoms with E-state index in [4.69, 9.17) is 11.0 Å². The van der Waals surface area contributed by atoms with Crippen molar-refractivity contribution in [1.29, 1.82) is 5.26 Å². The molecule has 1 aromatic carbocycles. The molecule has 0 radical (unpaired) electrons. The van der Waals surface area contributed by atoms with E-state index in [9.17, 15) is 4.39 Å². The van der Waals surface area contributed by atoms with Gasteiger partial charge in [-0.25, -0.2) is 9.37 Å². The van der Waals surface area contributed by atoms with Crippen LogP contribution in [0.1, 0.15) is 5.69 Å². The average molecular weight is 245 g/mol. The van der Waals surface area contributed by atoms with Gasteiger partial charge in [-0.3, -0.25) is 0 Å². The summed E-state index contributed by atoms with van der Waals surface area (Å²) in [6.07, 6.45) is 0. The van der Waals surface area contributed by atoms with Crippen molar-refractivity contribution in [3.8, 4) is 6.07 Å². The number of nitrogen functional groups attached to an aromatic ring is 1. The largest absolute Gasteiger partial charge is 0.396 e. The fourth-order valence-electron chi connectivity index (χ4n) is 1.25. The van der Waals surface area contributed by atoms with Crippen LogP contribution in [0.5, 0.6) is 0 Å². The monoisotopic (exact) mass is 245 g/mol. The molecule has 0 aliphatic rings. The van der Waals surface area contributed by atoms with Gasteiger partial charge in [-0.2, -0.15) is 5.26 Å². The third-order valence-electron chi connectivity index (χ3n) is 2.03. The maximum atomic E-state index is 13.0. The molecule has 0 aliphatic heterocycles. The van der Waals surface area contributed by atoms with Crippen LogP contribution in [-0.2, 0) is 0 Å². The van der Waals surface area contributed by atoms with Crippen LogP contribution in [0.2, 0.25) is 0 Å². The quantitative estimate of drug-likeness (QED) is 0.883. The first kappa shape index (κ1) is 11.4. The van der Waals surface area contributed by atoms with Crippen LogP contribution < -0.4 is 5.73 Å². The number of rotatable bonds is 2. The molecule has 3 nitrogen and oxygen atoms in total. The Balaban J connectivity index is 2.28. The Kier molecular flexibility index (Phi) is 3.26. The van der Waals surface area contributed by atoms with Gasteiger partial charge >= 0.3 is 0 Å². The van der Waals surface area contributed by atoms with E-state index in [2.05, 4.69) is 4.98 Å². The minimum absolute atomic E-state index is 0.186. The first-order valence-electron chi connectivity index (χ1n) is 4.79. The molecule has 0 aliphatic carbocycles. The Bertz CT molecular complexity index is 593. The lowest BCUT2D eigenvalue weighted by molar-refractivity contribution is 0.624. The molecule has 84 valence electrons. The SMILES string of the molecule is N#Cc1nc(Sc2cccc(F)c2)ccc1N. The summed E-state index contributed by atoms with van der Waals surface area (Å²) >= 11 is 1.28. The van der Waals surface area contributed by atoms with E-state index >= 15 is 0 Å². The smallest absolute Gasteiger partial charge is 0.164 e. The van der Waals surface area contributed by atoms with Gasteiger partial charge in [-0.05, 0) is 30.3 Å². The highest BCUT2D eigenvalue weighted by Gasteiger charge is 2.04. The summed E-state index contributed by atoms with van der Waals surface area (Å²) in [4.78, 5) is 4.80. The van der Waals surface area contributed by atoms with Crippen LogP contribution >= 0.6 is 11.8 Å². The van der Waals surface area contributed by atoms with Crippen LogP contribution in [0.15, 0.2) is 46.3 Å². The first-order valence-corrected chi connectivity index (χ1v) is 5.61. The van der Waals surface area contributed by atoms with Crippen LogP contribution in [0.3, 0.4) is 0 Å². The van der Waals surface area contributed by atoms with Crippen molar-refractivity contribution in [2.24, 2.45) is 0 Å². The molecule has 0 atom stereocenters. The van der Waals surface area contributed by atoms with Crippen molar-refractivity contribution >= 4 is 17.4 Å². The average Bonchev–Trinajstić information content (AvgIpc) is 2.32. The number of nitrogens with zero attached hydrogens (tertiary/aromatic N) is 2. The summed E-state index contributed by atoms with van der Waals surface area (Å²) in [7, 11) is 0. The lowest BCUT2D eigenvalue weighted by Gasteiger charge is -2.02. The number of aromatic nitrogens is 1. The van der Waals surface area contributed by atoms with Crippen LogP contribution in [0.4, 0.5) is 10.1 Å². The maximum Gasteiger partial charge on any atom is 0.164 e. The molecule has 0 fully saturated rings. The molecule has 2 rings (SSSR count). The third kappa shape index (κ3) is 2.74. The van der Waals surface area contributed by atoms with Crippen molar-refractivity contribution in [3.05, 3.63) is 47.9 Å². The van der Waals surface area contributed by atoms with E-state index in [-0.39, 0.29) is 11.5 Å². The minimum atomic E-state index is -0.300. The molecule has 0 saturated heterocycles. The molecule has 0 bridgehead atoms. The fourth-order valence-corrected chi connectivity index (χ4v) is 2.08. The van der Waals surface area contributed by atoms with Gasteiger partial charge in [0.15, 0.2) is 5.69 Å². The number of anilines is 1. The van der Waals surface area contributed by atoms with Crippen molar-refractivity contribution < 1.29 is 4.39 Å². The molecule has 0 unspecified atom stereocenters. The highest BCUT2D eigenvalue weighted by Crippen LogP contribution is 2.27. The number of nitrogens with two attached hydrogens (primary N) is 1. The van der Waals surface area contributed by atoms with E-state index in [0.717, 1.165) is 4.90 Å². The molecule has 17 heavy (non-hydrogen) atoms. The highest BCUT2D eigenvalue weighted by atomic mass is 32.2. The standard InChI is InChI=1S/C12H8FN3S/c13-8-2-1-3-9(6-8)17-12-5-4-10(15)11(7-14)16-12/h1-6H,15H2. The zero-order valence-corrected chi connectivity index (χ0v) is 9.54. The van der Waals surface area contributed by atoms with E-state index in [1.807, 2.05) is 6.07 Å². The molecular formula is C12H8FN3S. The van der Waals surface area contributed by atoms with Gasteiger partial charge in [-0.15, -0.1) is 0 Å². The summed E-state index contributed by atoms with van der Waals surface area (Å²) < 4.78 is 13.0. The van der Waals surface area contributed by atoms with E-state index in [1.165, 1.54) is 23.9 Å². The summed E-state index contributed by atoms with van der Waals surface area (Å²) in [6.45, 7) is 0. The normalized spacial score (nSPS) is 9.88. The van der Waals surface area contributed by atoms with E-state index < -0.39 is 0 Å². The number of nitriles is 1.